The fourth-order valence-corrected chi connectivity index (χ4v) is 1.75. The zero-order chi connectivity index (χ0) is 13.2. The molecule has 0 saturated heterocycles. The van der Waals surface area contributed by atoms with Gasteiger partial charge in [0.1, 0.15) is 0 Å². The van der Waals surface area contributed by atoms with Crippen LogP contribution in [0.5, 0.6) is 0 Å². The number of carbonyl (C=O) groups is 1. The first kappa shape index (κ1) is 12.5. The van der Waals surface area contributed by atoms with Gasteiger partial charge in [0, 0.05) is 12.5 Å². The molecule has 2 N–H and O–H groups in total. The molecule has 3 nitrogen and oxygen atoms in total. The van der Waals surface area contributed by atoms with Gasteiger partial charge in [-0.1, -0.05) is 48.5 Å². The topological polar surface area (TPSA) is 57.5 Å². The lowest BCUT2D eigenvalue weighted by Crippen LogP contribution is -2.33. The molecule has 0 unspecified atom stereocenters. The third-order valence-corrected chi connectivity index (χ3v) is 2.86. The van der Waals surface area contributed by atoms with E-state index in [0.29, 0.717) is 0 Å². The van der Waals surface area contributed by atoms with Crippen LogP contribution in [0.25, 0.3) is 11.1 Å². The van der Waals surface area contributed by atoms with E-state index in [1.807, 2.05) is 36.4 Å². The van der Waals surface area contributed by atoms with E-state index in [0.717, 1.165) is 18.1 Å². The van der Waals surface area contributed by atoms with Crippen LogP contribution in [0.1, 0.15) is 12.5 Å². The van der Waals surface area contributed by atoms with Crippen LogP contribution in [0, 0.1) is 0 Å². The smallest absolute Gasteiger partial charge is 0.251 e. The lowest BCUT2D eigenvalue weighted by atomic mass is 9.97. The first-order valence-corrected chi connectivity index (χ1v) is 5.63. The number of Topliss-reactive ketones (excluding diaryl/α,β-unsaturated/α-hetero) is 1. The Balaban J connectivity index is 2.46. The Morgan fingerprint density at radius 3 is 2.17 bits per heavy atom. The van der Waals surface area contributed by atoms with Gasteiger partial charge in [0.2, 0.25) is 0 Å². The molecular weight excluding hydrogens is 228 g/mol. The van der Waals surface area contributed by atoms with Crippen molar-refractivity contribution in [2.45, 2.75) is 12.7 Å². The Morgan fingerprint density at radius 1 is 0.944 bits per heavy atom. The molecular formula is C15H14O3. The average molecular weight is 242 g/mol. The van der Waals surface area contributed by atoms with Crippen molar-refractivity contribution < 1.29 is 15.0 Å². The van der Waals surface area contributed by atoms with Crippen LogP contribution < -0.4 is 0 Å². The summed E-state index contributed by atoms with van der Waals surface area (Å²) in [6.45, 7) is 1.15. The molecule has 0 heterocycles. The molecule has 0 aromatic heterocycles. The Morgan fingerprint density at radius 2 is 1.56 bits per heavy atom. The lowest BCUT2D eigenvalue weighted by Gasteiger charge is -2.19. The van der Waals surface area contributed by atoms with Gasteiger partial charge >= 0.3 is 0 Å². The minimum absolute atomic E-state index is 0.177. The summed E-state index contributed by atoms with van der Waals surface area (Å²) >= 11 is 0. The first-order chi connectivity index (χ1) is 8.51. The molecule has 2 rings (SSSR count). The standard InChI is InChI=1S/C15H14O3/c1-11(16)15(17,18)14-9-5-8-13(10-14)12-6-3-2-4-7-12/h2-10,17-18H,1H3. The SMILES string of the molecule is CC(=O)C(O)(O)c1cccc(-c2ccccc2)c1. The normalized spacial score (nSPS) is 11.3. The van der Waals surface area contributed by atoms with E-state index in [-0.39, 0.29) is 5.56 Å². The van der Waals surface area contributed by atoms with E-state index in [1.165, 1.54) is 6.07 Å². The van der Waals surface area contributed by atoms with Crippen LogP contribution in [0.2, 0.25) is 0 Å². The molecule has 18 heavy (non-hydrogen) atoms. The Bertz CT molecular complexity index is 559. The van der Waals surface area contributed by atoms with Gasteiger partial charge in [0.25, 0.3) is 5.79 Å². The van der Waals surface area contributed by atoms with Crippen LogP contribution in [0.4, 0.5) is 0 Å². The molecule has 0 atom stereocenters. The van der Waals surface area contributed by atoms with E-state index < -0.39 is 11.6 Å². The van der Waals surface area contributed by atoms with E-state index in [4.69, 9.17) is 0 Å². The van der Waals surface area contributed by atoms with Crippen molar-refractivity contribution >= 4 is 5.78 Å². The van der Waals surface area contributed by atoms with Gasteiger partial charge in [-0.15, -0.1) is 0 Å². The summed E-state index contributed by atoms with van der Waals surface area (Å²) in [5.41, 5.74) is 1.97. The number of aliphatic hydroxyl groups is 2. The zero-order valence-electron chi connectivity index (χ0n) is 10.00. The van der Waals surface area contributed by atoms with Gasteiger partial charge in [-0.25, -0.2) is 0 Å². The lowest BCUT2D eigenvalue weighted by molar-refractivity contribution is -0.184. The maximum atomic E-state index is 11.2. The molecule has 0 aliphatic carbocycles. The monoisotopic (exact) mass is 242 g/mol. The number of benzene rings is 2. The quantitative estimate of drug-likeness (QED) is 0.810. The minimum atomic E-state index is -2.43. The summed E-state index contributed by atoms with van der Waals surface area (Å²) in [6.07, 6.45) is 0. The van der Waals surface area contributed by atoms with Crippen LogP contribution >= 0.6 is 0 Å². The van der Waals surface area contributed by atoms with Gasteiger partial charge in [-0.05, 0) is 17.2 Å². The fourth-order valence-electron chi connectivity index (χ4n) is 1.75. The second kappa shape index (κ2) is 4.72. The summed E-state index contributed by atoms with van der Waals surface area (Å²) in [5.74, 6) is -3.13. The molecule has 0 amide bonds. The third-order valence-electron chi connectivity index (χ3n) is 2.86. The molecule has 0 spiro atoms. The predicted molar refractivity (Wildman–Crippen MR) is 68.7 cm³/mol. The van der Waals surface area contributed by atoms with Gasteiger partial charge in [-0.3, -0.25) is 4.79 Å². The fraction of sp³-hybridized carbons (Fsp3) is 0.133. The van der Waals surface area contributed by atoms with E-state index >= 15 is 0 Å². The maximum absolute atomic E-state index is 11.2. The highest BCUT2D eigenvalue weighted by Crippen LogP contribution is 2.25. The molecule has 0 aliphatic rings. The largest absolute Gasteiger partial charge is 0.356 e. The third kappa shape index (κ3) is 2.32. The molecule has 0 aliphatic heterocycles. The van der Waals surface area contributed by atoms with Crippen LogP contribution in [0.15, 0.2) is 54.6 Å². The van der Waals surface area contributed by atoms with Gasteiger partial charge in [0.05, 0.1) is 0 Å². The summed E-state index contributed by atoms with van der Waals surface area (Å²) in [7, 11) is 0. The van der Waals surface area contributed by atoms with E-state index in [2.05, 4.69) is 0 Å². The van der Waals surface area contributed by atoms with Crippen LogP contribution in [0.3, 0.4) is 0 Å². The Hall–Kier alpha value is -1.97. The molecule has 0 fully saturated rings. The highest BCUT2D eigenvalue weighted by molar-refractivity contribution is 5.84. The molecule has 2 aromatic carbocycles. The number of rotatable bonds is 3. The number of ketones is 1. The van der Waals surface area contributed by atoms with E-state index in [1.54, 1.807) is 12.1 Å². The van der Waals surface area contributed by atoms with Crippen molar-refractivity contribution in [2.75, 3.05) is 0 Å². The number of hydrogen-bond acceptors (Lipinski definition) is 3. The zero-order valence-corrected chi connectivity index (χ0v) is 10.00. The molecule has 0 saturated carbocycles. The maximum Gasteiger partial charge on any atom is 0.251 e. The van der Waals surface area contributed by atoms with Crippen molar-refractivity contribution in [1.29, 1.82) is 0 Å². The molecule has 92 valence electrons. The molecule has 3 heteroatoms. The van der Waals surface area contributed by atoms with Crippen LogP contribution in [-0.2, 0) is 10.6 Å². The second-order valence-corrected chi connectivity index (χ2v) is 4.18. The highest BCUT2D eigenvalue weighted by Gasteiger charge is 2.31. The van der Waals surface area contributed by atoms with Crippen molar-refractivity contribution in [3.63, 3.8) is 0 Å². The van der Waals surface area contributed by atoms with Crippen molar-refractivity contribution in [1.82, 2.24) is 0 Å². The summed E-state index contributed by atoms with van der Waals surface area (Å²) in [5, 5.41) is 19.5. The average Bonchev–Trinajstić information content (AvgIpc) is 2.40. The van der Waals surface area contributed by atoms with Crippen molar-refractivity contribution in [3.8, 4) is 11.1 Å². The van der Waals surface area contributed by atoms with Gasteiger partial charge in [-0.2, -0.15) is 0 Å². The number of hydrogen-bond donors (Lipinski definition) is 2. The van der Waals surface area contributed by atoms with Crippen molar-refractivity contribution in [2.24, 2.45) is 0 Å². The van der Waals surface area contributed by atoms with Crippen molar-refractivity contribution in [3.05, 3.63) is 60.2 Å². The van der Waals surface area contributed by atoms with E-state index in [9.17, 15) is 15.0 Å². The number of carbonyl (C=O) groups excluding carboxylic acids is 1. The second-order valence-electron chi connectivity index (χ2n) is 4.18. The molecule has 0 radical (unpaired) electrons. The first-order valence-electron chi connectivity index (χ1n) is 5.63. The summed E-state index contributed by atoms with van der Waals surface area (Å²) in [6, 6.07) is 16.2. The van der Waals surface area contributed by atoms with Gasteiger partial charge in [0.15, 0.2) is 5.78 Å². The van der Waals surface area contributed by atoms with Gasteiger partial charge < -0.3 is 10.2 Å². The molecule has 0 bridgehead atoms. The Labute approximate surface area is 105 Å². The highest BCUT2D eigenvalue weighted by atomic mass is 16.5. The molecule has 2 aromatic rings. The predicted octanol–water partition coefficient (Wildman–Crippen LogP) is 2.08. The summed E-state index contributed by atoms with van der Waals surface area (Å²) < 4.78 is 0. The Kier molecular flexibility index (Phi) is 3.28. The minimum Gasteiger partial charge on any atom is -0.356 e. The summed E-state index contributed by atoms with van der Waals surface area (Å²) in [4.78, 5) is 11.2. The van der Waals surface area contributed by atoms with Crippen LogP contribution in [-0.4, -0.2) is 16.0 Å².